The van der Waals surface area contributed by atoms with Crippen LogP contribution in [0.25, 0.3) is 44.2 Å². The number of phenolic OH excluding ortho intramolecular Hbond substituents is 1. The van der Waals surface area contributed by atoms with E-state index < -0.39 is 0 Å². The molecule has 3 nitrogen and oxygen atoms in total. The molecular weight excluding hydrogens is 416 g/mol. The predicted octanol–water partition coefficient (Wildman–Crippen LogP) is 7.69. The van der Waals surface area contributed by atoms with Crippen molar-refractivity contribution < 1.29 is 5.11 Å². The van der Waals surface area contributed by atoms with Gasteiger partial charge in [0.05, 0.1) is 11.0 Å². The van der Waals surface area contributed by atoms with E-state index in [2.05, 4.69) is 88.8 Å². The normalized spacial score (nSPS) is 15.2. The zero-order valence-electron chi connectivity index (χ0n) is 18.9. The molecule has 0 spiro atoms. The molecule has 6 rings (SSSR count). The van der Waals surface area contributed by atoms with Crippen LogP contribution < -0.4 is 4.90 Å². The quantitative estimate of drug-likeness (QED) is 0.305. The highest BCUT2D eigenvalue weighted by atomic mass is 16.3. The lowest BCUT2D eigenvalue weighted by atomic mass is 9.96. The maximum atomic E-state index is 10.9. The molecule has 34 heavy (non-hydrogen) atoms. The van der Waals surface area contributed by atoms with Gasteiger partial charge < -0.3 is 14.6 Å². The summed E-state index contributed by atoms with van der Waals surface area (Å²) in [6.45, 7) is 4.26. The highest BCUT2D eigenvalue weighted by Gasteiger charge is 2.16. The second-order valence-corrected chi connectivity index (χ2v) is 8.64. The fourth-order valence-electron chi connectivity index (χ4n) is 4.88. The zero-order valence-corrected chi connectivity index (χ0v) is 18.9. The summed E-state index contributed by atoms with van der Waals surface area (Å²) in [6, 6.07) is 29.0. The summed E-state index contributed by atoms with van der Waals surface area (Å²) in [5, 5.41) is 13.3. The van der Waals surface area contributed by atoms with Crippen molar-refractivity contribution in [1.82, 2.24) is 4.57 Å². The summed E-state index contributed by atoms with van der Waals surface area (Å²) in [5.41, 5.74) is 8.10. The molecule has 0 unspecified atom stereocenters. The summed E-state index contributed by atoms with van der Waals surface area (Å²) in [7, 11) is 2.03. The number of allylic oxidation sites excluding steroid dienone is 4. The van der Waals surface area contributed by atoms with Crippen molar-refractivity contribution in [2.24, 2.45) is 0 Å². The second kappa shape index (κ2) is 7.82. The van der Waals surface area contributed by atoms with E-state index in [0.717, 1.165) is 44.7 Å². The van der Waals surface area contributed by atoms with Gasteiger partial charge in [0, 0.05) is 46.5 Å². The van der Waals surface area contributed by atoms with Crippen molar-refractivity contribution in [3.63, 3.8) is 0 Å². The second-order valence-electron chi connectivity index (χ2n) is 8.64. The first-order valence-electron chi connectivity index (χ1n) is 11.3. The van der Waals surface area contributed by atoms with Gasteiger partial charge in [0.1, 0.15) is 5.75 Å². The predicted molar refractivity (Wildman–Crippen MR) is 144 cm³/mol. The monoisotopic (exact) mass is 440 g/mol. The summed E-state index contributed by atoms with van der Waals surface area (Å²) in [5.74, 6) is 0.254. The minimum Gasteiger partial charge on any atom is -0.507 e. The van der Waals surface area contributed by atoms with Gasteiger partial charge in [-0.1, -0.05) is 61.2 Å². The molecule has 0 atom stereocenters. The van der Waals surface area contributed by atoms with Crippen LogP contribution in [0.1, 0.15) is 5.56 Å². The van der Waals surface area contributed by atoms with Crippen LogP contribution >= 0.6 is 0 Å². The van der Waals surface area contributed by atoms with Crippen LogP contribution in [-0.4, -0.2) is 16.7 Å². The Kier molecular flexibility index (Phi) is 4.63. The van der Waals surface area contributed by atoms with Crippen LogP contribution in [0.3, 0.4) is 0 Å². The van der Waals surface area contributed by atoms with Crippen molar-refractivity contribution >= 4 is 33.1 Å². The Morgan fingerprint density at radius 1 is 0.735 bits per heavy atom. The number of para-hydroxylation sites is 2. The van der Waals surface area contributed by atoms with Crippen molar-refractivity contribution in [3.05, 3.63) is 121 Å². The van der Waals surface area contributed by atoms with Crippen LogP contribution in [0.5, 0.6) is 5.75 Å². The number of aromatic nitrogens is 1. The van der Waals surface area contributed by atoms with Gasteiger partial charge in [0.15, 0.2) is 0 Å². The van der Waals surface area contributed by atoms with E-state index in [0.29, 0.717) is 0 Å². The van der Waals surface area contributed by atoms with Crippen LogP contribution in [0.2, 0.25) is 0 Å². The first kappa shape index (κ1) is 20.1. The van der Waals surface area contributed by atoms with E-state index in [9.17, 15) is 5.11 Å². The van der Waals surface area contributed by atoms with Gasteiger partial charge in [-0.05, 0) is 59.7 Å². The molecule has 0 fully saturated rings. The number of hydrogen-bond donors (Lipinski definition) is 1. The van der Waals surface area contributed by atoms with Crippen molar-refractivity contribution in [2.45, 2.75) is 0 Å². The number of benzene rings is 4. The smallest absolute Gasteiger partial charge is 0.123 e. The van der Waals surface area contributed by atoms with Crippen molar-refractivity contribution in [2.75, 3.05) is 11.9 Å². The maximum absolute atomic E-state index is 10.9. The number of hydrogen-bond acceptors (Lipinski definition) is 2. The Labute approximate surface area is 198 Å². The number of aromatic hydroxyl groups is 1. The fraction of sp³-hybridized carbons (Fsp3) is 0.0323. The summed E-state index contributed by atoms with van der Waals surface area (Å²) < 4.78 is 2.27. The van der Waals surface area contributed by atoms with Gasteiger partial charge in [-0.2, -0.15) is 0 Å². The first-order chi connectivity index (χ1) is 16.6. The molecule has 0 bridgehead atoms. The molecule has 1 aliphatic heterocycles. The third-order valence-electron chi connectivity index (χ3n) is 6.57. The Morgan fingerprint density at radius 3 is 2.18 bits per heavy atom. The molecule has 3 heteroatoms. The lowest BCUT2D eigenvalue weighted by Crippen LogP contribution is -2.10. The van der Waals surface area contributed by atoms with E-state index in [4.69, 9.17) is 0 Å². The van der Waals surface area contributed by atoms with Gasteiger partial charge in [0.2, 0.25) is 0 Å². The molecule has 164 valence electrons. The van der Waals surface area contributed by atoms with Gasteiger partial charge >= 0.3 is 0 Å². The van der Waals surface area contributed by atoms with Crippen molar-refractivity contribution in [3.8, 4) is 22.6 Å². The Morgan fingerprint density at radius 2 is 1.44 bits per heavy atom. The molecule has 0 saturated carbocycles. The molecule has 5 aromatic rings. The van der Waals surface area contributed by atoms with E-state index >= 15 is 0 Å². The highest BCUT2D eigenvalue weighted by molar-refractivity contribution is 6.09. The molecule has 4 aromatic carbocycles. The molecule has 0 saturated heterocycles. The molecule has 0 amide bonds. The number of phenols is 1. The summed E-state index contributed by atoms with van der Waals surface area (Å²) >= 11 is 0. The molecule has 1 aliphatic rings. The summed E-state index contributed by atoms with van der Waals surface area (Å²) in [4.78, 5) is 2.09. The van der Waals surface area contributed by atoms with Crippen LogP contribution in [-0.2, 0) is 0 Å². The molecular formula is C31H24N2O. The van der Waals surface area contributed by atoms with Crippen LogP contribution in [0, 0.1) is 0 Å². The van der Waals surface area contributed by atoms with Gasteiger partial charge in [-0.3, -0.25) is 0 Å². The van der Waals surface area contributed by atoms with E-state index in [1.807, 2.05) is 37.5 Å². The first-order valence-corrected chi connectivity index (χ1v) is 11.3. The number of fused-ring (bicyclic) bond motifs is 4. The molecule has 0 aliphatic carbocycles. The van der Waals surface area contributed by atoms with Gasteiger partial charge in [-0.15, -0.1) is 0 Å². The zero-order chi connectivity index (χ0) is 23.2. The van der Waals surface area contributed by atoms with E-state index in [1.165, 1.54) is 10.8 Å². The molecule has 1 aromatic heterocycles. The van der Waals surface area contributed by atoms with E-state index in [1.54, 1.807) is 6.07 Å². The number of anilines is 1. The fourth-order valence-corrected chi connectivity index (χ4v) is 4.88. The maximum Gasteiger partial charge on any atom is 0.123 e. The third-order valence-corrected chi connectivity index (χ3v) is 6.57. The molecule has 2 heterocycles. The van der Waals surface area contributed by atoms with Crippen molar-refractivity contribution in [1.29, 1.82) is 0 Å². The van der Waals surface area contributed by atoms with Gasteiger partial charge in [-0.25, -0.2) is 0 Å². The SMILES string of the molecule is C=C1/C=C\C=C/N(C)c2ccc(-c3cc(-n4c5ccccc5c5ccccc54)ccc3O)cc21. The molecule has 1 N–H and O–H groups in total. The topological polar surface area (TPSA) is 28.4 Å². The standard InChI is InChI=1S/C31H24N2O/c1-21-9-7-8-18-32(2)28-16-14-22(19-26(21)28)27-20-23(15-17-31(27)34)33-29-12-5-3-10-24(29)25-11-4-6-13-30(25)33/h3-20,34H,1H2,2H3/b9-7-,18-8-. The average Bonchev–Trinajstić information content (AvgIpc) is 3.20. The number of rotatable bonds is 2. The van der Waals surface area contributed by atoms with Crippen LogP contribution in [0.15, 0.2) is 116 Å². The van der Waals surface area contributed by atoms with Gasteiger partial charge in [0.25, 0.3) is 0 Å². The Bertz CT molecular complexity index is 1600. The minimum absolute atomic E-state index is 0.254. The van der Waals surface area contributed by atoms with Crippen LogP contribution in [0.4, 0.5) is 5.69 Å². The summed E-state index contributed by atoms with van der Waals surface area (Å²) in [6.07, 6.45) is 8.04. The largest absolute Gasteiger partial charge is 0.507 e. The van der Waals surface area contributed by atoms with E-state index in [-0.39, 0.29) is 5.75 Å². The Hall–Kier alpha value is -4.50. The highest BCUT2D eigenvalue weighted by Crippen LogP contribution is 2.39. The molecule has 0 radical (unpaired) electrons. The lowest BCUT2D eigenvalue weighted by Gasteiger charge is -2.21. The third kappa shape index (κ3) is 3.13. The lowest BCUT2D eigenvalue weighted by molar-refractivity contribution is 0.477. The minimum atomic E-state index is 0.254. The number of nitrogens with zero attached hydrogens (tertiary/aromatic N) is 2. The average molecular weight is 441 g/mol. The Balaban J connectivity index is 1.56.